The first-order valence-corrected chi connectivity index (χ1v) is 19.2. The van der Waals surface area contributed by atoms with Crippen LogP contribution in [0.5, 0.6) is 0 Å². The molecular formula is C39H78N2O2. The van der Waals surface area contributed by atoms with Crippen molar-refractivity contribution in [2.24, 2.45) is 5.92 Å². The molecule has 0 radical (unpaired) electrons. The van der Waals surface area contributed by atoms with Crippen LogP contribution in [0.25, 0.3) is 0 Å². The topological polar surface area (TPSA) is 41.6 Å². The fourth-order valence-corrected chi connectivity index (χ4v) is 6.04. The average molecular weight is 607 g/mol. The molecule has 4 nitrogen and oxygen atoms in total. The van der Waals surface area contributed by atoms with Gasteiger partial charge in [-0.1, -0.05) is 149 Å². The molecule has 1 N–H and O–H groups in total. The van der Waals surface area contributed by atoms with Gasteiger partial charge in [-0.15, -0.1) is 0 Å². The molecule has 43 heavy (non-hydrogen) atoms. The molecule has 0 aromatic rings. The van der Waals surface area contributed by atoms with Crippen molar-refractivity contribution in [3.8, 4) is 0 Å². The normalized spacial score (nSPS) is 13.3. The number of nitrogens with zero attached hydrogens (tertiary/aromatic N) is 1. The van der Waals surface area contributed by atoms with Gasteiger partial charge >= 0.3 is 5.97 Å². The Bertz CT molecular complexity index is 592. The van der Waals surface area contributed by atoms with Crippen LogP contribution in [0.2, 0.25) is 0 Å². The van der Waals surface area contributed by atoms with Crippen molar-refractivity contribution in [1.82, 2.24) is 10.2 Å². The van der Waals surface area contributed by atoms with Crippen molar-refractivity contribution in [2.75, 3.05) is 33.8 Å². The Balaban J connectivity index is 4.30. The summed E-state index contributed by atoms with van der Waals surface area (Å²) in [5.41, 5.74) is 0. The lowest BCUT2D eigenvalue weighted by Crippen LogP contribution is -2.31. The van der Waals surface area contributed by atoms with Gasteiger partial charge in [0.2, 0.25) is 0 Å². The van der Waals surface area contributed by atoms with E-state index in [1.807, 2.05) is 6.08 Å². The third kappa shape index (κ3) is 32.3. The van der Waals surface area contributed by atoms with Gasteiger partial charge in [0.1, 0.15) is 0 Å². The van der Waals surface area contributed by atoms with E-state index in [-0.39, 0.29) is 5.97 Å². The van der Waals surface area contributed by atoms with E-state index in [2.05, 4.69) is 45.1 Å². The number of allylic oxidation sites excluding steroid dienone is 1. The first-order chi connectivity index (χ1) is 21.0. The lowest BCUT2D eigenvalue weighted by Gasteiger charge is -2.19. The maximum absolute atomic E-state index is 12.4. The summed E-state index contributed by atoms with van der Waals surface area (Å²) >= 11 is 0. The number of esters is 1. The number of carbonyl (C=O) groups excluding carboxylic acids is 1. The Kier molecular flexibility index (Phi) is 33.3. The molecule has 0 heterocycles. The first kappa shape index (κ1) is 42.1. The fourth-order valence-electron chi connectivity index (χ4n) is 6.04. The number of carbonyl (C=O) groups is 1. The monoisotopic (exact) mass is 607 g/mol. The molecule has 4 heteroatoms. The maximum Gasteiger partial charge on any atom is 0.330 e. The Hall–Kier alpha value is -0.870. The molecule has 256 valence electrons. The van der Waals surface area contributed by atoms with Gasteiger partial charge in [0.05, 0.1) is 6.61 Å². The van der Waals surface area contributed by atoms with Crippen LogP contribution in [0.1, 0.15) is 188 Å². The van der Waals surface area contributed by atoms with E-state index in [0.29, 0.717) is 18.6 Å². The third-order valence-electron chi connectivity index (χ3n) is 8.94. The first-order valence-electron chi connectivity index (χ1n) is 19.2. The van der Waals surface area contributed by atoms with E-state index in [4.69, 9.17) is 4.74 Å². The molecule has 0 saturated heterocycles. The van der Waals surface area contributed by atoms with E-state index < -0.39 is 0 Å². The highest BCUT2D eigenvalue weighted by Gasteiger charge is 2.12. The summed E-state index contributed by atoms with van der Waals surface area (Å²) < 4.78 is 5.73. The molecule has 0 aliphatic carbocycles. The van der Waals surface area contributed by atoms with Gasteiger partial charge in [-0.3, -0.25) is 0 Å². The molecule has 0 spiro atoms. The van der Waals surface area contributed by atoms with Crippen LogP contribution in [0.15, 0.2) is 12.2 Å². The van der Waals surface area contributed by atoms with Gasteiger partial charge in [-0.05, 0) is 78.0 Å². The number of hydrogen-bond acceptors (Lipinski definition) is 4. The van der Waals surface area contributed by atoms with E-state index in [9.17, 15) is 4.79 Å². The number of hydrogen-bond donors (Lipinski definition) is 1. The molecule has 0 amide bonds. The van der Waals surface area contributed by atoms with Crippen molar-refractivity contribution >= 4 is 5.97 Å². The van der Waals surface area contributed by atoms with Gasteiger partial charge in [0.15, 0.2) is 0 Å². The van der Waals surface area contributed by atoms with Crippen molar-refractivity contribution < 1.29 is 9.53 Å². The third-order valence-corrected chi connectivity index (χ3v) is 8.94. The van der Waals surface area contributed by atoms with Gasteiger partial charge in [0, 0.05) is 12.1 Å². The minimum atomic E-state index is -0.142. The molecule has 0 aromatic carbocycles. The van der Waals surface area contributed by atoms with Crippen molar-refractivity contribution in [2.45, 2.75) is 194 Å². The summed E-state index contributed by atoms with van der Waals surface area (Å²) in [6, 6.07) is 0.636. The standard InChI is InChI=1S/C39H78N2O2/c1-6-9-12-15-17-18-20-25-31-38(40-34-28-35-41(4)5)32-26-21-22-27-33-39(42)43-36-37(29-23-14-11-8-3)30-24-19-16-13-10-7-2/h27,33,37-38,40H,6-26,28-32,34-36H2,1-5H3. The van der Waals surface area contributed by atoms with Crippen molar-refractivity contribution in [1.29, 1.82) is 0 Å². The number of rotatable bonds is 34. The van der Waals surface area contributed by atoms with Crippen LogP contribution in [-0.4, -0.2) is 50.7 Å². The number of ether oxygens (including phenoxy) is 1. The zero-order valence-electron chi connectivity index (χ0n) is 30.1. The highest BCUT2D eigenvalue weighted by molar-refractivity contribution is 5.81. The predicted octanol–water partition coefficient (Wildman–Crippen LogP) is 11.4. The van der Waals surface area contributed by atoms with Gasteiger partial charge < -0.3 is 15.0 Å². The minimum absolute atomic E-state index is 0.142. The summed E-state index contributed by atoms with van der Waals surface area (Å²) in [5, 5.41) is 3.86. The van der Waals surface area contributed by atoms with Gasteiger partial charge in [-0.25, -0.2) is 4.79 Å². The Morgan fingerprint density at radius 1 is 0.628 bits per heavy atom. The lowest BCUT2D eigenvalue weighted by atomic mass is 9.95. The molecule has 0 aliphatic rings. The second-order valence-corrected chi connectivity index (χ2v) is 13.7. The smallest absolute Gasteiger partial charge is 0.330 e. The van der Waals surface area contributed by atoms with Crippen LogP contribution in [-0.2, 0) is 9.53 Å². The molecular weight excluding hydrogens is 528 g/mol. The van der Waals surface area contributed by atoms with E-state index in [1.54, 1.807) is 6.08 Å². The molecule has 0 bridgehead atoms. The average Bonchev–Trinajstić information content (AvgIpc) is 2.99. The largest absolute Gasteiger partial charge is 0.462 e. The van der Waals surface area contributed by atoms with Crippen LogP contribution in [0, 0.1) is 5.92 Å². The molecule has 0 saturated carbocycles. The van der Waals surface area contributed by atoms with E-state index >= 15 is 0 Å². The van der Waals surface area contributed by atoms with Crippen LogP contribution in [0.4, 0.5) is 0 Å². The summed E-state index contributed by atoms with van der Waals surface area (Å²) in [6.07, 6.45) is 37.5. The molecule has 2 atom stereocenters. The second-order valence-electron chi connectivity index (χ2n) is 13.7. The Morgan fingerprint density at radius 3 is 1.63 bits per heavy atom. The fraction of sp³-hybridized carbons (Fsp3) is 0.923. The lowest BCUT2D eigenvalue weighted by molar-refractivity contribution is -0.139. The zero-order valence-corrected chi connectivity index (χ0v) is 30.1. The quantitative estimate of drug-likeness (QED) is 0.0449. The highest BCUT2D eigenvalue weighted by Crippen LogP contribution is 2.20. The number of nitrogens with one attached hydrogen (secondary N) is 1. The van der Waals surface area contributed by atoms with Crippen LogP contribution >= 0.6 is 0 Å². The van der Waals surface area contributed by atoms with Crippen molar-refractivity contribution in [3.05, 3.63) is 12.2 Å². The van der Waals surface area contributed by atoms with Crippen LogP contribution in [0.3, 0.4) is 0 Å². The van der Waals surface area contributed by atoms with E-state index in [0.717, 1.165) is 25.9 Å². The summed E-state index contributed by atoms with van der Waals surface area (Å²) in [4.78, 5) is 14.7. The second kappa shape index (κ2) is 34.0. The van der Waals surface area contributed by atoms with Gasteiger partial charge in [-0.2, -0.15) is 0 Å². The zero-order chi connectivity index (χ0) is 31.6. The van der Waals surface area contributed by atoms with Gasteiger partial charge in [0.25, 0.3) is 0 Å². The van der Waals surface area contributed by atoms with Crippen molar-refractivity contribution in [3.63, 3.8) is 0 Å². The molecule has 0 fully saturated rings. The summed E-state index contributed by atoms with van der Waals surface area (Å²) in [7, 11) is 4.31. The SMILES string of the molecule is CCCCCCCCCCC(CCCCC=CC(=O)OCC(CCCCCC)CCCCCCCC)NCCCN(C)C. The molecule has 0 aliphatic heterocycles. The molecule has 0 rings (SSSR count). The summed E-state index contributed by atoms with van der Waals surface area (Å²) in [5.74, 6) is 0.389. The van der Waals surface area contributed by atoms with Crippen LogP contribution < -0.4 is 5.32 Å². The number of unbranched alkanes of at least 4 members (excludes halogenated alkanes) is 17. The summed E-state index contributed by atoms with van der Waals surface area (Å²) in [6.45, 7) is 9.70. The molecule has 0 aromatic heterocycles. The Morgan fingerprint density at radius 2 is 1.09 bits per heavy atom. The minimum Gasteiger partial charge on any atom is -0.462 e. The Labute approximate surface area is 271 Å². The molecule has 2 unspecified atom stereocenters. The maximum atomic E-state index is 12.4. The highest BCUT2D eigenvalue weighted by atomic mass is 16.5. The van der Waals surface area contributed by atoms with E-state index in [1.165, 1.54) is 154 Å². The predicted molar refractivity (Wildman–Crippen MR) is 191 cm³/mol.